The summed E-state index contributed by atoms with van der Waals surface area (Å²) in [6.07, 6.45) is -10.2. The van der Waals surface area contributed by atoms with Crippen LogP contribution < -0.4 is 32.3 Å². The van der Waals surface area contributed by atoms with E-state index < -0.39 is 165 Å². The molecule has 75 heavy (non-hydrogen) atoms. The lowest BCUT2D eigenvalue weighted by atomic mass is 9.91. The largest absolute Gasteiger partial charge is 0.508 e. The molecule has 422 valence electrons. The summed E-state index contributed by atoms with van der Waals surface area (Å²) in [6.45, 7) is 6.76. The molecule has 25 nitrogen and oxygen atoms in total. The lowest BCUT2D eigenvalue weighted by Gasteiger charge is -2.34. The lowest BCUT2D eigenvalue weighted by molar-refractivity contribution is -0.149. The molecule has 0 aliphatic carbocycles. The molecule has 0 radical (unpaired) electrons. The smallest absolute Gasteiger partial charge is 0.248 e. The quantitative estimate of drug-likeness (QED) is 0.0568. The molecule has 25 heteroatoms. The molecule has 3 fully saturated rings. The number of benzene rings is 1. The van der Waals surface area contributed by atoms with Gasteiger partial charge >= 0.3 is 0 Å². The third-order valence-electron chi connectivity index (χ3n) is 14.3. The Bertz CT molecular complexity index is 2100. The molecule has 1 aromatic rings. The van der Waals surface area contributed by atoms with Crippen molar-refractivity contribution in [2.75, 3.05) is 13.1 Å². The fourth-order valence-electron chi connectivity index (χ4n) is 9.79. The molecule has 8 amide bonds. The van der Waals surface area contributed by atoms with E-state index in [-0.39, 0.29) is 24.2 Å². The van der Waals surface area contributed by atoms with Crippen molar-refractivity contribution in [1.29, 1.82) is 0 Å². The van der Waals surface area contributed by atoms with Gasteiger partial charge in [0.2, 0.25) is 47.3 Å². The van der Waals surface area contributed by atoms with Crippen molar-refractivity contribution in [3.63, 3.8) is 0 Å². The number of hydrogen-bond acceptors (Lipinski definition) is 17. The Balaban J connectivity index is 1.69. The van der Waals surface area contributed by atoms with E-state index >= 15 is 0 Å². The van der Waals surface area contributed by atoms with E-state index in [1.54, 1.807) is 0 Å². The molecule has 16 atom stereocenters. The number of phenols is 1. The van der Waals surface area contributed by atoms with Gasteiger partial charge in [-0.15, -0.1) is 0 Å². The Hall–Kier alpha value is -5.54. The second kappa shape index (κ2) is 29.1. The zero-order valence-corrected chi connectivity index (χ0v) is 43.1. The van der Waals surface area contributed by atoms with E-state index in [9.17, 15) is 84.3 Å². The number of unbranched alkanes of at least 4 members (excludes halogenated alkanes) is 5. The van der Waals surface area contributed by atoms with Crippen LogP contribution in [0.3, 0.4) is 0 Å². The number of nitrogens with one attached hydrogen (secondary N) is 5. The first-order chi connectivity index (χ1) is 35.3. The van der Waals surface area contributed by atoms with Gasteiger partial charge in [-0.05, 0) is 55.7 Å². The fourth-order valence-corrected chi connectivity index (χ4v) is 9.79. The van der Waals surface area contributed by atoms with Gasteiger partial charge in [0.05, 0.1) is 30.8 Å². The maximum absolute atomic E-state index is 14.4. The van der Waals surface area contributed by atoms with Crippen molar-refractivity contribution in [1.82, 2.24) is 36.4 Å². The van der Waals surface area contributed by atoms with Gasteiger partial charge in [0.15, 0.2) is 6.23 Å². The molecular formula is C50H80N8O17. The van der Waals surface area contributed by atoms with Gasteiger partial charge in [-0.1, -0.05) is 77.8 Å². The van der Waals surface area contributed by atoms with Gasteiger partial charge in [-0.3, -0.25) is 38.4 Å². The average Bonchev–Trinajstić information content (AvgIpc) is 3.95. The summed E-state index contributed by atoms with van der Waals surface area (Å²) in [6, 6.07) is -7.37. The number of aliphatic hydroxyl groups excluding tert-OH is 8. The minimum Gasteiger partial charge on any atom is -0.508 e. The van der Waals surface area contributed by atoms with E-state index in [0.29, 0.717) is 29.6 Å². The Morgan fingerprint density at radius 1 is 0.720 bits per heavy atom. The molecule has 0 spiro atoms. The lowest BCUT2D eigenvalue weighted by Crippen LogP contribution is -2.64. The van der Waals surface area contributed by atoms with Gasteiger partial charge in [0, 0.05) is 32.4 Å². The second-order valence-corrected chi connectivity index (χ2v) is 20.6. The zero-order valence-electron chi connectivity index (χ0n) is 43.1. The van der Waals surface area contributed by atoms with Gasteiger partial charge in [-0.25, -0.2) is 0 Å². The number of amides is 8. The zero-order chi connectivity index (χ0) is 55.8. The highest BCUT2D eigenvalue weighted by atomic mass is 16.3. The highest BCUT2D eigenvalue weighted by Gasteiger charge is 2.49. The van der Waals surface area contributed by atoms with E-state index in [1.165, 1.54) is 6.42 Å². The average molecular weight is 1070 g/mol. The number of aliphatic hydroxyl groups is 8. The first-order valence-electron chi connectivity index (χ1n) is 26.0. The number of aromatic hydroxyl groups is 1. The number of primary amides is 1. The summed E-state index contributed by atoms with van der Waals surface area (Å²) in [5.74, 6) is -8.59. The van der Waals surface area contributed by atoms with Gasteiger partial charge in [-0.2, -0.15) is 0 Å². The molecule has 3 saturated heterocycles. The van der Waals surface area contributed by atoms with Crippen LogP contribution in [0.1, 0.15) is 129 Å². The van der Waals surface area contributed by atoms with Crippen LogP contribution in [0.15, 0.2) is 24.3 Å². The van der Waals surface area contributed by atoms with Crippen LogP contribution in [-0.4, -0.2) is 195 Å². The molecule has 6 unspecified atom stereocenters. The van der Waals surface area contributed by atoms with Crippen LogP contribution in [0.2, 0.25) is 0 Å². The Morgan fingerprint density at radius 2 is 1.32 bits per heavy atom. The number of carbonyl (C=O) groups is 8. The number of carbonyl (C=O) groups excluding carboxylic acids is 8. The molecule has 0 saturated carbocycles. The van der Waals surface area contributed by atoms with Crippen LogP contribution >= 0.6 is 0 Å². The first-order valence-corrected chi connectivity index (χ1v) is 26.0. The normalized spacial score (nSPS) is 29.0. The molecule has 4 rings (SSSR count). The van der Waals surface area contributed by atoms with Crippen molar-refractivity contribution in [2.45, 2.75) is 203 Å². The molecule has 3 heterocycles. The van der Waals surface area contributed by atoms with E-state index in [2.05, 4.69) is 47.4 Å². The van der Waals surface area contributed by atoms with Crippen molar-refractivity contribution in [3.05, 3.63) is 29.8 Å². The minimum atomic E-state index is -2.36. The molecule has 0 bridgehead atoms. The number of phenolic OH excluding ortho intramolecular Hbond substituents is 1. The first kappa shape index (κ1) is 62.0. The number of fused-ring (bicyclic) bond motifs is 2. The third-order valence-corrected chi connectivity index (χ3v) is 14.3. The van der Waals surface area contributed by atoms with Gasteiger partial charge < -0.3 is 88.1 Å². The van der Waals surface area contributed by atoms with E-state index in [0.717, 1.165) is 74.6 Å². The topological polar surface area (TPSA) is 411 Å². The van der Waals surface area contributed by atoms with Crippen molar-refractivity contribution < 1.29 is 84.3 Å². The Morgan fingerprint density at radius 3 is 1.95 bits per heavy atom. The molecule has 3 aliphatic heterocycles. The van der Waals surface area contributed by atoms with Crippen LogP contribution in [0, 0.1) is 11.8 Å². The molecule has 16 N–H and O–H groups in total. The molecule has 1 aromatic carbocycles. The van der Waals surface area contributed by atoms with Crippen molar-refractivity contribution in [2.24, 2.45) is 17.6 Å². The van der Waals surface area contributed by atoms with Gasteiger partial charge in [0.25, 0.3) is 0 Å². The number of nitrogens with zero attached hydrogens (tertiary/aromatic N) is 2. The predicted octanol–water partition coefficient (Wildman–Crippen LogP) is -3.34. The second-order valence-electron chi connectivity index (χ2n) is 20.6. The van der Waals surface area contributed by atoms with Crippen LogP contribution in [0.5, 0.6) is 5.75 Å². The number of nitrogens with two attached hydrogens (primary N) is 1. The SMILES string of the molecule is CCC(C)CC(C)CCCCCCCCC(=O)NC1C[C@@H](O)[C@@H](O)NC(=O)[C@@H]2[C@@H](O)CCN2C(=O)C([C@H](O)CC(N)=O)NC(=O)[C@H]([C@H](O)[C@@H](O)c2ccc(O)cc2)NC(=O)C2C[C@@H](O)CN2C(=O)C([C@@H](C)O)NC1=O. The highest BCUT2D eigenvalue weighted by Crippen LogP contribution is 2.27. The minimum absolute atomic E-state index is 0.0795. The highest BCUT2D eigenvalue weighted by molar-refractivity contribution is 5.98. The fraction of sp³-hybridized carbons (Fsp3) is 0.720. The monoisotopic (exact) mass is 1060 g/mol. The van der Waals surface area contributed by atoms with Crippen molar-refractivity contribution >= 4 is 47.3 Å². The van der Waals surface area contributed by atoms with Crippen LogP contribution in [0.25, 0.3) is 0 Å². The summed E-state index contributed by atoms with van der Waals surface area (Å²) in [7, 11) is 0. The third kappa shape index (κ3) is 17.8. The van der Waals surface area contributed by atoms with Crippen molar-refractivity contribution in [3.8, 4) is 5.75 Å². The molecular weight excluding hydrogens is 985 g/mol. The van der Waals surface area contributed by atoms with Crippen LogP contribution in [0.4, 0.5) is 0 Å². The summed E-state index contributed by atoms with van der Waals surface area (Å²) in [5.41, 5.74) is 5.21. The number of hydrogen-bond donors (Lipinski definition) is 15. The van der Waals surface area contributed by atoms with E-state index in [1.807, 2.05) is 0 Å². The van der Waals surface area contributed by atoms with E-state index in [4.69, 9.17) is 5.73 Å². The van der Waals surface area contributed by atoms with Crippen LogP contribution in [-0.2, 0) is 38.4 Å². The summed E-state index contributed by atoms with van der Waals surface area (Å²) in [5, 5.41) is 110. The summed E-state index contributed by atoms with van der Waals surface area (Å²) >= 11 is 0. The Kier molecular flexibility index (Phi) is 24.1. The standard InChI is InChI=1S/C50H80N8O17/c1-5-25(2)20-26(3)12-10-8-6-7-9-11-13-37(66)52-31-22-35(64)46(71)56-48(73)41-33(62)18-19-57(41)50(75)39(34(63)23-36(51)65)54-47(72)40(43(68)42(67)28-14-16-29(60)17-15-28)55-45(70)32-21-30(61)24-58(32)49(74)38(27(4)59)53-44(31)69/h14-17,25-27,30-35,38-43,46,59-64,67-68,71H,5-13,18-24H2,1-4H3,(H2,51,65)(H,52,66)(H,53,69)(H,54,72)(H,55,70)(H,56,73)/t25?,26?,27-,30-,31?,32?,33+,34-,35-,38?,39?,40+,41+,42+,43+,46-/m1/s1. The maximum atomic E-state index is 14.4. The summed E-state index contributed by atoms with van der Waals surface area (Å²) < 4.78 is 0. The number of rotatable bonds is 20. The van der Waals surface area contributed by atoms with Gasteiger partial charge in [0.1, 0.15) is 60.3 Å². The molecule has 3 aliphatic rings. The summed E-state index contributed by atoms with van der Waals surface area (Å²) in [4.78, 5) is 112. The predicted molar refractivity (Wildman–Crippen MR) is 265 cm³/mol. The molecule has 0 aromatic heterocycles. The Labute approximate surface area is 436 Å². The maximum Gasteiger partial charge on any atom is 0.248 e.